The molecule has 0 saturated carbocycles. The Morgan fingerprint density at radius 3 is 2.23 bits per heavy atom. The molecule has 2 amide bonds. The van der Waals surface area contributed by atoms with E-state index in [4.69, 9.17) is 9.47 Å². The first-order valence-corrected chi connectivity index (χ1v) is 11.2. The van der Waals surface area contributed by atoms with Gasteiger partial charge < -0.3 is 19.7 Å². The number of hydrogen-bond donors (Lipinski definition) is 1. The summed E-state index contributed by atoms with van der Waals surface area (Å²) in [5, 5.41) is 2.95. The second-order valence-corrected chi connectivity index (χ2v) is 7.78. The molecular formula is C25H32N2O4. The number of carbonyl (C=O) groups excluding carboxylic acids is 2. The largest absolute Gasteiger partial charge is 0.490 e. The van der Waals surface area contributed by atoms with Gasteiger partial charge in [0.2, 0.25) is 0 Å². The molecule has 0 atom stereocenters. The van der Waals surface area contributed by atoms with Crippen LogP contribution in [0, 0.1) is 5.92 Å². The van der Waals surface area contributed by atoms with Gasteiger partial charge in [0.15, 0.2) is 17.3 Å². The normalized spacial score (nSPS) is 14.2. The fourth-order valence-electron chi connectivity index (χ4n) is 3.63. The Kier molecular flexibility index (Phi) is 8.33. The number of Topliss-reactive ketones (excluding diaryl/α,β-unsaturated/α-hetero) is 1. The van der Waals surface area contributed by atoms with E-state index in [2.05, 4.69) is 12.2 Å². The van der Waals surface area contributed by atoms with E-state index in [0.29, 0.717) is 56.3 Å². The Balaban J connectivity index is 1.57. The van der Waals surface area contributed by atoms with Crippen LogP contribution in [-0.2, 0) is 0 Å². The summed E-state index contributed by atoms with van der Waals surface area (Å²) >= 11 is 0. The maximum Gasteiger partial charge on any atom is 0.321 e. The molecule has 1 saturated heterocycles. The van der Waals surface area contributed by atoms with Crippen LogP contribution in [0.3, 0.4) is 0 Å². The van der Waals surface area contributed by atoms with Crippen molar-refractivity contribution in [3.05, 3.63) is 54.1 Å². The summed E-state index contributed by atoms with van der Waals surface area (Å²) in [5.41, 5.74) is 1.41. The number of urea groups is 1. The molecular weight excluding hydrogens is 392 g/mol. The Morgan fingerprint density at radius 2 is 1.58 bits per heavy atom. The molecule has 0 radical (unpaired) electrons. The summed E-state index contributed by atoms with van der Waals surface area (Å²) in [7, 11) is 0. The van der Waals surface area contributed by atoms with E-state index in [1.165, 1.54) is 0 Å². The van der Waals surface area contributed by atoms with Crippen molar-refractivity contribution in [2.45, 2.75) is 39.5 Å². The average Bonchev–Trinajstić information content (AvgIpc) is 2.82. The van der Waals surface area contributed by atoms with Gasteiger partial charge in [0.25, 0.3) is 0 Å². The molecule has 0 unspecified atom stereocenters. The molecule has 1 N–H and O–H groups in total. The highest BCUT2D eigenvalue weighted by atomic mass is 16.5. The van der Waals surface area contributed by atoms with Crippen molar-refractivity contribution in [1.82, 2.24) is 4.90 Å². The number of ether oxygens (including phenoxy) is 2. The van der Waals surface area contributed by atoms with Gasteiger partial charge in [0, 0.05) is 36.3 Å². The van der Waals surface area contributed by atoms with Gasteiger partial charge in [-0.2, -0.15) is 0 Å². The zero-order chi connectivity index (χ0) is 22.1. The molecule has 3 rings (SSSR count). The highest BCUT2D eigenvalue weighted by Gasteiger charge is 2.28. The molecule has 31 heavy (non-hydrogen) atoms. The third kappa shape index (κ3) is 6.23. The van der Waals surface area contributed by atoms with Gasteiger partial charge in [0.1, 0.15) is 0 Å². The molecule has 0 aromatic heterocycles. The second kappa shape index (κ2) is 11.4. The molecule has 6 nitrogen and oxygen atoms in total. The SMILES string of the molecule is CCCOc1ccc(NC(=O)N2CCC(C(=O)c3ccccc3)CC2)cc1OCCC. The number of nitrogens with zero attached hydrogens (tertiary/aromatic N) is 1. The summed E-state index contributed by atoms with van der Waals surface area (Å²) in [6.45, 7) is 6.42. The summed E-state index contributed by atoms with van der Waals surface area (Å²) in [6.07, 6.45) is 3.15. The first-order chi connectivity index (χ1) is 15.1. The minimum absolute atomic E-state index is 0.0319. The number of amides is 2. The van der Waals surface area contributed by atoms with Crippen molar-refractivity contribution in [3.8, 4) is 11.5 Å². The van der Waals surface area contributed by atoms with Crippen LogP contribution >= 0.6 is 0 Å². The number of piperidine rings is 1. The molecule has 1 aliphatic rings. The lowest BCUT2D eigenvalue weighted by Crippen LogP contribution is -2.42. The van der Waals surface area contributed by atoms with E-state index >= 15 is 0 Å². The first-order valence-electron chi connectivity index (χ1n) is 11.2. The van der Waals surface area contributed by atoms with Gasteiger partial charge in [0.05, 0.1) is 13.2 Å². The van der Waals surface area contributed by atoms with Crippen LogP contribution in [0.1, 0.15) is 49.9 Å². The van der Waals surface area contributed by atoms with E-state index in [0.717, 1.165) is 18.4 Å². The standard InChI is InChI=1S/C25H32N2O4/c1-3-16-30-22-11-10-21(18-23(22)31-17-4-2)26-25(29)27-14-12-20(13-15-27)24(28)19-8-6-5-7-9-19/h5-11,18,20H,3-4,12-17H2,1-2H3,(H,26,29). The Hall–Kier alpha value is -3.02. The molecule has 1 fully saturated rings. The van der Waals surface area contributed by atoms with Crippen LogP contribution < -0.4 is 14.8 Å². The van der Waals surface area contributed by atoms with Gasteiger partial charge in [-0.25, -0.2) is 4.79 Å². The van der Waals surface area contributed by atoms with Crippen LogP contribution in [0.4, 0.5) is 10.5 Å². The van der Waals surface area contributed by atoms with Crippen LogP contribution in [0.25, 0.3) is 0 Å². The van der Waals surface area contributed by atoms with Crippen molar-refractivity contribution >= 4 is 17.5 Å². The van der Waals surface area contributed by atoms with Gasteiger partial charge >= 0.3 is 6.03 Å². The van der Waals surface area contributed by atoms with Crippen molar-refractivity contribution in [1.29, 1.82) is 0 Å². The topological polar surface area (TPSA) is 67.9 Å². The van der Waals surface area contributed by atoms with Crippen molar-refractivity contribution in [2.75, 3.05) is 31.6 Å². The Bertz CT molecular complexity index is 861. The number of hydrogen-bond acceptors (Lipinski definition) is 4. The molecule has 166 valence electrons. The molecule has 0 aliphatic carbocycles. The third-order valence-electron chi connectivity index (χ3n) is 5.33. The smallest absolute Gasteiger partial charge is 0.321 e. The van der Waals surface area contributed by atoms with Crippen LogP contribution in [0.2, 0.25) is 0 Å². The Morgan fingerprint density at radius 1 is 0.935 bits per heavy atom. The maximum atomic E-state index is 12.8. The quantitative estimate of drug-likeness (QED) is 0.548. The maximum absolute atomic E-state index is 12.8. The van der Waals surface area contributed by atoms with Gasteiger partial charge in [-0.15, -0.1) is 0 Å². The number of likely N-dealkylation sites (tertiary alicyclic amines) is 1. The number of carbonyl (C=O) groups is 2. The minimum atomic E-state index is -0.158. The highest BCUT2D eigenvalue weighted by Crippen LogP contribution is 2.31. The van der Waals surface area contributed by atoms with E-state index in [-0.39, 0.29) is 17.7 Å². The zero-order valence-corrected chi connectivity index (χ0v) is 18.4. The lowest BCUT2D eigenvalue weighted by molar-refractivity contribution is 0.0859. The van der Waals surface area contributed by atoms with Crippen LogP contribution in [-0.4, -0.2) is 43.0 Å². The third-order valence-corrected chi connectivity index (χ3v) is 5.33. The number of rotatable bonds is 9. The lowest BCUT2D eigenvalue weighted by atomic mass is 9.89. The summed E-state index contributed by atoms with van der Waals surface area (Å²) in [4.78, 5) is 27.2. The number of anilines is 1. The lowest BCUT2D eigenvalue weighted by Gasteiger charge is -2.31. The van der Waals surface area contributed by atoms with E-state index < -0.39 is 0 Å². The summed E-state index contributed by atoms with van der Waals surface area (Å²) < 4.78 is 11.6. The molecule has 2 aromatic carbocycles. The summed E-state index contributed by atoms with van der Waals surface area (Å²) in [6, 6.07) is 14.7. The molecule has 1 heterocycles. The Labute approximate surface area is 184 Å². The summed E-state index contributed by atoms with van der Waals surface area (Å²) in [5.74, 6) is 1.46. The van der Waals surface area contributed by atoms with Gasteiger partial charge in [-0.05, 0) is 37.8 Å². The fourth-order valence-corrected chi connectivity index (χ4v) is 3.63. The molecule has 6 heteroatoms. The van der Waals surface area contributed by atoms with Gasteiger partial charge in [-0.1, -0.05) is 44.2 Å². The highest BCUT2D eigenvalue weighted by molar-refractivity contribution is 5.98. The predicted octanol–water partition coefficient (Wildman–Crippen LogP) is 5.39. The molecule has 2 aromatic rings. The molecule has 0 spiro atoms. The number of nitrogens with one attached hydrogen (secondary N) is 1. The fraction of sp³-hybridized carbons (Fsp3) is 0.440. The second-order valence-electron chi connectivity index (χ2n) is 7.78. The van der Waals surface area contributed by atoms with Gasteiger partial charge in [-0.3, -0.25) is 4.79 Å². The monoisotopic (exact) mass is 424 g/mol. The van der Waals surface area contributed by atoms with Crippen molar-refractivity contribution in [3.63, 3.8) is 0 Å². The van der Waals surface area contributed by atoms with E-state index in [1.54, 1.807) is 4.90 Å². The van der Waals surface area contributed by atoms with E-state index in [9.17, 15) is 9.59 Å². The first kappa shape index (κ1) is 22.7. The number of ketones is 1. The molecule has 1 aliphatic heterocycles. The minimum Gasteiger partial charge on any atom is -0.490 e. The van der Waals surface area contributed by atoms with Crippen LogP contribution in [0.5, 0.6) is 11.5 Å². The predicted molar refractivity (Wildman–Crippen MR) is 122 cm³/mol. The van der Waals surface area contributed by atoms with Crippen molar-refractivity contribution in [2.24, 2.45) is 5.92 Å². The average molecular weight is 425 g/mol. The zero-order valence-electron chi connectivity index (χ0n) is 18.4. The van der Waals surface area contributed by atoms with E-state index in [1.807, 2.05) is 55.5 Å². The molecule has 0 bridgehead atoms. The number of benzene rings is 2. The van der Waals surface area contributed by atoms with Crippen LogP contribution in [0.15, 0.2) is 48.5 Å². The van der Waals surface area contributed by atoms with Crippen molar-refractivity contribution < 1.29 is 19.1 Å².